The lowest BCUT2D eigenvalue weighted by atomic mass is 9.98. The number of hydrogen-bond donors (Lipinski definition) is 3. The zero-order valence-corrected chi connectivity index (χ0v) is 19.5. The van der Waals surface area contributed by atoms with Crippen LogP contribution >= 0.6 is 0 Å². The number of aliphatic hydroxyl groups is 1. The maximum atomic E-state index is 12.9. The second-order valence-corrected chi connectivity index (χ2v) is 9.45. The molecule has 33 heavy (non-hydrogen) atoms. The molecule has 3 atom stereocenters. The highest BCUT2D eigenvalue weighted by Gasteiger charge is 2.35. The van der Waals surface area contributed by atoms with Crippen LogP contribution in [0.5, 0.6) is 11.5 Å². The standard InChI is InChI=1S/C23H30N2O7S/c1-30-17-7-5-6-16(12-17)14-24-23(27)13-18-10-11-19(21(15-26)32-18)25-33(28,29)22-9-4-3-8-20(22)31-2/h3-9,12,18-19,21,25-26H,10-11,13-15H2,1-2H3,(H,24,27)/t18-,19+,21-/m1/s1. The Balaban J connectivity index is 1.55. The number of aliphatic hydroxyl groups excluding tert-OH is 1. The van der Waals surface area contributed by atoms with Gasteiger partial charge in [0, 0.05) is 6.54 Å². The molecular formula is C23H30N2O7S. The summed E-state index contributed by atoms with van der Waals surface area (Å²) in [5.74, 6) is 0.755. The van der Waals surface area contributed by atoms with Crippen molar-refractivity contribution in [2.24, 2.45) is 0 Å². The maximum Gasteiger partial charge on any atom is 0.244 e. The molecule has 9 nitrogen and oxygen atoms in total. The first kappa shape index (κ1) is 25.0. The molecule has 0 spiro atoms. The molecule has 2 aromatic carbocycles. The van der Waals surface area contributed by atoms with E-state index in [1.807, 2.05) is 24.3 Å². The molecule has 0 saturated carbocycles. The Morgan fingerprint density at radius 1 is 1.12 bits per heavy atom. The zero-order valence-electron chi connectivity index (χ0n) is 18.7. The maximum absolute atomic E-state index is 12.9. The Morgan fingerprint density at radius 3 is 2.64 bits per heavy atom. The van der Waals surface area contributed by atoms with E-state index < -0.39 is 28.3 Å². The highest BCUT2D eigenvalue weighted by molar-refractivity contribution is 7.89. The highest BCUT2D eigenvalue weighted by Crippen LogP contribution is 2.27. The van der Waals surface area contributed by atoms with Crippen molar-refractivity contribution in [2.45, 2.75) is 49.0 Å². The molecule has 180 valence electrons. The van der Waals surface area contributed by atoms with Crippen LogP contribution in [-0.2, 0) is 26.1 Å². The molecule has 0 bridgehead atoms. The predicted octanol–water partition coefficient (Wildman–Crippen LogP) is 1.60. The fraction of sp³-hybridized carbons (Fsp3) is 0.435. The Bertz CT molecular complexity index is 1040. The van der Waals surface area contributed by atoms with Crippen LogP contribution in [0.3, 0.4) is 0 Å². The summed E-state index contributed by atoms with van der Waals surface area (Å²) in [6, 6.07) is 13.1. The topological polar surface area (TPSA) is 123 Å². The predicted molar refractivity (Wildman–Crippen MR) is 122 cm³/mol. The van der Waals surface area contributed by atoms with E-state index in [9.17, 15) is 18.3 Å². The molecule has 2 aromatic rings. The second kappa shape index (κ2) is 11.5. The van der Waals surface area contributed by atoms with E-state index in [-0.39, 0.29) is 29.6 Å². The summed E-state index contributed by atoms with van der Waals surface area (Å²) in [5.41, 5.74) is 0.909. The van der Waals surface area contributed by atoms with E-state index >= 15 is 0 Å². The van der Waals surface area contributed by atoms with Gasteiger partial charge in [0.05, 0.1) is 45.5 Å². The molecule has 0 aliphatic carbocycles. The minimum Gasteiger partial charge on any atom is -0.497 e. The number of amides is 1. The molecule has 3 rings (SSSR count). The van der Waals surface area contributed by atoms with Crippen molar-refractivity contribution in [3.8, 4) is 11.5 Å². The van der Waals surface area contributed by atoms with Crippen molar-refractivity contribution in [1.82, 2.24) is 10.0 Å². The number of hydrogen-bond acceptors (Lipinski definition) is 7. The lowest BCUT2D eigenvalue weighted by Gasteiger charge is -2.35. The summed E-state index contributed by atoms with van der Waals surface area (Å²) in [6.07, 6.45) is -0.166. The van der Waals surface area contributed by atoms with E-state index in [1.165, 1.54) is 13.2 Å². The van der Waals surface area contributed by atoms with Gasteiger partial charge in [-0.3, -0.25) is 4.79 Å². The van der Waals surface area contributed by atoms with E-state index in [2.05, 4.69) is 10.0 Å². The number of ether oxygens (including phenoxy) is 3. The molecule has 1 saturated heterocycles. The minimum absolute atomic E-state index is 0.0169. The van der Waals surface area contributed by atoms with Gasteiger partial charge in [-0.25, -0.2) is 13.1 Å². The Morgan fingerprint density at radius 2 is 1.91 bits per heavy atom. The van der Waals surface area contributed by atoms with Crippen LogP contribution in [-0.4, -0.2) is 58.5 Å². The van der Waals surface area contributed by atoms with Gasteiger partial charge < -0.3 is 24.6 Å². The molecule has 1 amide bonds. The van der Waals surface area contributed by atoms with E-state index in [0.29, 0.717) is 25.1 Å². The largest absolute Gasteiger partial charge is 0.497 e. The first-order valence-corrected chi connectivity index (χ1v) is 12.2. The summed E-state index contributed by atoms with van der Waals surface area (Å²) < 4.78 is 44.5. The SMILES string of the molecule is COc1cccc(CNC(=O)C[C@H]2CC[C@H](NS(=O)(=O)c3ccccc3OC)[C@@H](CO)O2)c1. The normalized spacial score (nSPS) is 20.8. The second-order valence-electron chi connectivity index (χ2n) is 7.77. The van der Waals surface area contributed by atoms with Gasteiger partial charge in [0.15, 0.2) is 0 Å². The number of carbonyl (C=O) groups excluding carboxylic acids is 1. The quantitative estimate of drug-likeness (QED) is 0.474. The van der Waals surface area contributed by atoms with Crippen LogP contribution in [0, 0.1) is 0 Å². The third-order valence-corrected chi connectivity index (χ3v) is 7.03. The first-order valence-electron chi connectivity index (χ1n) is 10.7. The number of nitrogens with one attached hydrogen (secondary N) is 2. The smallest absolute Gasteiger partial charge is 0.244 e. The minimum atomic E-state index is -3.89. The Labute approximate surface area is 194 Å². The van der Waals surface area contributed by atoms with Gasteiger partial charge in [-0.15, -0.1) is 0 Å². The van der Waals surface area contributed by atoms with Crippen LogP contribution in [0.25, 0.3) is 0 Å². The average molecular weight is 479 g/mol. The van der Waals surface area contributed by atoms with Crippen LogP contribution in [0.15, 0.2) is 53.4 Å². The summed E-state index contributed by atoms with van der Waals surface area (Å²) in [7, 11) is -0.903. The molecule has 1 heterocycles. The van der Waals surface area contributed by atoms with Crippen LogP contribution in [0.4, 0.5) is 0 Å². The number of para-hydroxylation sites is 1. The van der Waals surface area contributed by atoms with Gasteiger partial charge in [0.2, 0.25) is 15.9 Å². The number of rotatable bonds is 10. The van der Waals surface area contributed by atoms with Crippen molar-refractivity contribution in [2.75, 3.05) is 20.8 Å². The van der Waals surface area contributed by atoms with Gasteiger partial charge in [-0.05, 0) is 42.7 Å². The Kier molecular flexibility index (Phi) is 8.67. The van der Waals surface area contributed by atoms with Crippen molar-refractivity contribution in [1.29, 1.82) is 0 Å². The van der Waals surface area contributed by atoms with Crippen LogP contribution in [0.1, 0.15) is 24.8 Å². The summed E-state index contributed by atoms with van der Waals surface area (Å²) in [5, 5.41) is 12.6. The fourth-order valence-electron chi connectivity index (χ4n) is 3.78. The monoisotopic (exact) mass is 478 g/mol. The Hall–Kier alpha value is -2.66. The van der Waals surface area contributed by atoms with Gasteiger partial charge >= 0.3 is 0 Å². The summed E-state index contributed by atoms with van der Waals surface area (Å²) in [4.78, 5) is 12.4. The fourth-order valence-corrected chi connectivity index (χ4v) is 5.25. The molecule has 0 radical (unpaired) electrons. The first-order chi connectivity index (χ1) is 15.9. The molecule has 1 fully saturated rings. The van der Waals surface area contributed by atoms with Gasteiger partial charge in [0.25, 0.3) is 0 Å². The summed E-state index contributed by atoms with van der Waals surface area (Å²) in [6.45, 7) is -0.0193. The van der Waals surface area contributed by atoms with Crippen molar-refractivity contribution < 1.29 is 32.5 Å². The van der Waals surface area contributed by atoms with Crippen molar-refractivity contribution in [3.05, 3.63) is 54.1 Å². The van der Waals surface area contributed by atoms with E-state index in [1.54, 1.807) is 25.3 Å². The molecule has 0 unspecified atom stereocenters. The molecule has 3 N–H and O–H groups in total. The van der Waals surface area contributed by atoms with Gasteiger partial charge in [-0.1, -0.05) is 24.3 Å². The van der Waals surface area contributed by atoms with Crippen LogP contribution < -0.4 is 19.5 Å². The molecule has 0 aromatic heterocycles. The molecular weight excluding hydrogens is 448 g/mol. The van der Waals surface area contributed by atoms with Crippen molar-refractivity contribution >= 4 is 15.9 Å². The number of benzene rings is 2. The third-order valence-electron chi connectivity index (χ3n) is 5.50. The third kappa shape index (κ3) is 6.67. The molecule has 10 heteroatoms. The number of sulfonamides is 1. The highest BCUT2D eigenvalue weighted by atomic mass is 32.2. The zero-order chi connectivity index (χ0) is 23.8. The molecule has 1 aliphatic rings. The molecule has 1 aliphatic heterocycles. The summed E-state index contributed by atoms with van der Waals surface area (Å²) >= 11 is 0. The van der Waals surface area contributed by atoms with Crippen LogP contribution in [0.2, 0.25) is 0 Å². The van der Waals surface area contributed by atoms with Gasteiger partial charge in [0.1, 0.15) is 16.4 Å². The van der Waals surface area contributed by atoms with E-state index in [0.717, 1.165) is 5.56 Å². The van der Waals surface area contributed by atoms with Gasteiger partial charge in [-0.2, -0.15) is 0 Å². The van der Waals surface area contributed by atoms with Crippen molar-refractivity contribution in [3.63, 3.8) is 0 Å². The number of carbonyl (C=O) groups is 1. The lowest BCUT2D eigenvalue weighted by Crippen LogP contribution is -2.51. The lowest BCUT2D eigenvalue weighted by molar-refractivity contribution is -0.130. The van der Waals surface area contributed by atoms with E-state index in [4.69, 9.17) is 14.2 Å². The average Bonchev–Trinajstić information content (AvgIpc) is 2.83. The number of methoxy groups -OCH3 is 2.